The van der Waals surface area contributed by atoms with Crippen molar-refractivity contribution in [2.75, 3.05) is 0 Å². The van der Waals surface area contributed by atoms with E-state index >= 15 is 0 Å². The quantitative estimate of drug-likeness (QED) is 0.766. The molecular weight excluding hydrogens is 190 g/mol. The topological polar surface area (TPSA) is 50.2 Å². The fourth-order valence-electron chi connectivity index (χ4n) is 2.37. The summed E-state index contributed by atoms with van der Waals surface area (Å²) in [4.78, 5) is 15.1. The summed E-state index contributed by atoms with van der Waals surface area (Å²) in [5.74, 6) is 0.183. The molecule has 0 spiro atoms. The zero-order valence-electron chi connectivity index (χ0n) is 9.03. The molecule has 15 heavy (non-hydrogen) atoms. The molecule has 0 aromatic carbocycles. The maximum Gasteiger partial charge on any atom is 0.337 e. The number of carbonyl (C=O) groups is 1. The number of carboxylic acids is 1. The van der Waals surface area contributed by atoms with Gasteiger partial charge in [0.25, 0.3) is 0 Å². The highest BCUT2D eigenvalue weighted by Crippen LogP contribution is 2.33. The second kappa shape index (κ2) is 3.65. The molecule has 0 saturated heterocycles. The van der Waals surface area contributed by atoms with E-state index in [1.54, 1.807) is 6.07 Å². The van der Waals surface area contributed by atoms with Crippen LogP contribution in [-0.4, -0.2) is 16.1 Å². The van der Waals surface area contributed by atoms with Gasteiger partial charge in [-0.1, -0.05) is 13.8 Å². The Morgan fingerprint density at radius 3 is 2.93 bits per heavy atom. The van der Waals surface area contributed by atoms with Crippen molar-refractivity contribution in [3.05, 3.63) is 29.1 Å². The summed E-state index contributed by atoms with van der Waals surface area (Å²) in [6.07, 6.45) is 3.56. The first kappa shape index (κ1) is 10.1. The monoisotopic (exact) mass is 205 g/mol. The van der Waals surface area contributed by atoms with Crippen LogP contribution in [0.1, 0.15) is 47.8 Å². The Labute approximate surface area is 89.2 Å². The van der Waals surface area contributed by atoms with Crippen LogP contribution < -0.4 is 0 Å². The van der Waals surface area contributed by atoms with Crippen molar-refractivity contribution in [3.8, 4) is 0 Å². The molecule has 80 valence electrons. The third-order valence-corrected chi connectivity index (χ3v) is 3.08. The summed E-state index contributed by atoms with van der Waals surface area (Å²) in [7, 11) is 0. The first-order valence-electron chi connectivity index (χ1n) is 5.30. The van der Waals surface area contributed by atoms with Crippen molar-refractivity contribution < 1.29 is 9.90 Å². The van der Waals surface area contributed by atoms with Crippen LogP contribution in [0.25, 0.3) is 0 Å². The van der Waals surface area contributed by atoms with E-state index in [4.69, 9.17) is 5.11 Å². The number of nitrogens with zero attached hydrogens (tertiary/aromatic N) is 1. The molecule has 1 heterocycles. The Kier molecular flexibility index (Phi) is 2.47. The molecule has 0 saturated carbocycles. The summed E-state index contributed by atoms with van der Waals surface area (Å²) in [5, 5.41) is 8.88. The highest BCUT2D eigenvalue weighted by Gasteiger charge is 2.23. The van der Waals surface area contributed by atoms with Gasteiger partial charge in [0.15, 0.2) is 0 Å². The minimum Gasteiger partial charge on any atom is -0.478 e. The van der Waals surface area contributed by atoms with Crippen LogP contribution in [0.5, 0.6) is 0 Å². The van der Waals surface area contributed by atoms with E-state index in [0.717, 1.165) is 24.1 Å². The van der Waals surface area contributed by atoms with Gasteiger partial charge in [0.2, 0.25) is 0 Å². The normalized spacial score (nSPS) is 24.7. The lowest BCUT2D eigenvalue weighted by Gasteiger charge is -2.26. The van der Waals surface area contributed by atoms with Gasteiger partial charge >= 0.3 is 5.97 Å². The molecule has 1 aliphatic rings. The maximum absolute atomic E-state index is 10.8. The van der Waals surface area contributed by atoms with Crippen molar-refractivity contribution in [3.63, 3.8) is 0 Å². The molecule has 1 N–H and O–H groups in total. The maximum atomic E-state index is 10.8. The number of rotatable bonds is 1. The first-order valence-corrected chi connectivity index (χ1v) is 5.30. The predicted octanol–water partition coefficient (Wildman–Crippen LogP) is 2.47. The smallest absolute Gasteiger partial charge is 0.337 e. The number of hydrogen-bond acceptors (Lipinski definition) is 2. The van der Waals surface area contributed by atoms with E-state index in [0.29, 0.717) is 17.4 Å². The van der Waals surface area contributed by atoms with Crippen molar-refractivity contribution in [1.82, 2.24) is 4.98 Å². The van der Waals surface area contributed by atoms with Crippen LogP contribution in [0.4, 0.5) is 0 Å². The molecule has 0 fully saturated rings. The Morgan fingerprint density at radius 1 is 1.53 bits per heavy atom. The van der Waals surface area contributed by atoms with Crippen LogP contribution >= 0.6 is 0 Å². The van der Waals surface area contributed by atoms with Gasteiger partial charge in [0.1, 0.15) is 0 Å². The largest absolute Gasteiger partial charge is 0.478 e. The van der Waals surface area contributed by atoms with E-state index in [1.165, 1.54) is 6.20 Å². The zero-order chi connectivity index (χ0) is 11.0. The zero-order valence-corrected chi connectivity index (χ0v) is 9.03. The molecule has 2 atom stereocenters. The fourth-order valence-corrected chi connectivity index (χ4v) is 2.37. The fraction of sp³-hybridized carbons (Fsp3) is 0.500. The van der Waals surface area contributed by atoms with Crippen molar-refractivity contribution >= 4 is 5.97 Å². The second-order valence-electron chi connectivity index (χ2n) is 4.51. The standard InChI is InChI=1S/C12H15NO2/c1-7-3-8(2)10-5-9(12(14)15)6-13-11(10)4-7/h5-8H,3-4H2,1-2H3,(H,14,15). The number of aromatic carboxylic acids is 1. The molecule has 1 aromatic rings. The minimum absolute atomic E-state index is 0.301. The van der Waals surface area contributed by atoms with E-state index < -0.39 is 5.97 Å². The lowest BCUT2D eigenvalue weighted by atomic mass is 9.80. The highest BCUT2D eigenvalue weighted by atomic mass is 16.4. The molecule has 0 amide bonds. The van der Waals surface area contributed by atoms with E-state index in [2.05, 4.69) is 18.8 Å². The van der Waals surface area contributed by atoms with Gasteiger partial charge in [0, 0.05) is 11.9 Å². The Bertz CT molecular complexity index is 401. The number of fused-ring (bicyclic) bond motifs is 1. The number of hydrogen-bond donors (Lipinski definition) is 1. The lowest BCUT2D eigenvalue weighted by Crippen LogP contribution is -2.17. The van der Waals surface area contributed by atoms with Gasteiger partial charge in [0.05, 0.1) is 5.56 Å². The van der Waals surface area contributed by atoms with Crippen molar-refractivity contribution in [2.24, 2.45) is 5.92 Å². The highest BCUT2D eigenvalue weighted by molar-refractivity contribution is 5.87. The summed E-state index contributed by atoms with van der Waals surface area (Å²) < 4.78 is 0. The summed E-state index contributed by atoms with van der Waals surface area (Å²) in [6, 6.07) is 1.78. The van der Waals surface area contributed by atoms with Crippen LogP contribution in [0.3, 0.4) is 0 Å². The molecule has 3 heteroatoms. The summed E-state index contributed by atoms with van der Waals surface area (Å²) in [6.45, 7) is 4.36. The Balaban J connectivity index is 2.43. The molecule has 0 aliphatic heterocycles. The van der Waals surface area contributed by atoms with Crippen LogP contribution in [0, 0.1) is 5.92 Å². The molecule has 2 unspecified atom stereocenters. The predicted molar refractivity (Wildman–Crippen MR) is 57.1 cm³/mol. The van der Waals surface area contributed by atoms with Gasteiger partial charge in [-0.2, -0.15) is 0 Å². The average molecular weight is 205 g/mol. The molecule has 0 bridgehead atoms. The average Bonchev–Trinajstić information content (AvgIpc) is 2.16. The van der Waals surface area contributed by atoms with E-state index in [-0.39, 0.29) is 0 Å². The third-order valence-electron chi connectivity index (χ3n) is 3.08. The minimum atomic E-state index is -0.892. The van der Waals surface area contributed by atoms with Crippen molar-refractivity contribution in [1.29, 1.82) is 0 Å². The van der Waals surface area contributed by atoms with E-state index in [9.17, 15) is 4.79 Å². The molecule has 3 nitrogen and oxygen atoms in total. The molecule has 1 aliphatic carbocycles. The van der Waals surface area contributed by atoms with Gasteiger partial charge in [-0.25, -0.2) is 4.79 Å². The number of carboxylic acid groups (broad SMARTS) is 1. The van der Waals surface area contributed by atoms with Crippen molar-refractivity contribution in [2.45, 2.75) is 32.6 Å². The SMILES string of the molecule is CC1Cc2ncc(C(=O)O)cc2C(C)C1. The molecular formula is C12H15NO2. The van der Waals surface area contributed by atoms with Crippen LogP contribution in [0.2, 0.25) is 0 Å². The van der Waals surface area contributed by atoms with E-state index in [1.807, 2.05) is 0 Å². The van der Waals surface area contributed by atoms with Gasteiger partial charge < -0.3 is 5.11 Å². The van der Waals surface area contributed by atoms with Gasteiger partial charge in [-0.3, -0.25) is 4.98 Å². The number of aromatic nitrogens is 1. The second-order valence-corrected chi connectivity index (χ2v) is 4.51. The lowest BCUT2D eigenvalue weighted by molar-refractivity contribution is 0.0696. The van der Waals surface area contributed by atoms with Gasteiger partial charge in [-0.05, 0) is 36.3 Å². The van der Waals surface area contributed by atoms with Gasteiger partial charge in [-0.15, -0.1) is 0 Å². The molecule has 1 aromatic heterocycles. The molecule has 2 rings (SSSR count). The summed E-state index contributed by atoms with van der Waals surface area (Å²) >= 11 is 0. The molecule has 0 radical (unpaired) electrons. The summed E-state index contributed by atoms with van der Waals surface area (Å²) in [5.41, 5.74) is 2.49. The van der Waals surface area contributed by atoms with Crippen LogP contribution in [0.15, 0.2) is 12.3 Å². The Morgan fingerprint density at radius 2 is 2.27 bits per heavy atom. The number of pyridine rings is 1. The first-order chi connectivity index (χ1) is 7.08. The third kappa shape index (κ3) is 1.87. The Hall–Kier alpha value is -1.38. The van der Waals surface area contributed by atoms with Crippen LogP contribution in [-0.2, 0) is 6.42 Å².